The number of urea groups is 1. The predicted octanol–water partition coefficient (Wildman–Crippen LogP) is 1.86. The Bertz CT molecular complexity index is 775. The smallest absolute Gasteiger partial charge is 0.327 e. The number of nitrogens with zero attached hydrogens (tertiary/aromatic N) is 4. The highest BCUT2D eigenvalue weighted by molar-refractivity contribution is 6.05. The number of hydrogen-bond donors (Lipinski definition) is 0. The number of aromatic nitrogens is 1. The highest BCUT2D eigenvalue weighted by Crippen LogP contribution is 2.31. The molecule has 4 amide bonds. The monoisotopic (exact) mass is 388 g/mol. The SMILES string of the molecule is COc1ccc(C(=O)N2CC3C(=O)N(CC(C)C)C(=O)N3CC(C)(C)C2)cn1. The molecule has 0 spiro atoms. The van der Waals surface area contributed by atoms with E-state index < -0.39 is 6.04 Å². The minimum atomic E-state index is -0.636. The third-order valence-electron chi connectivity index (χ3n) is 5.04. The molecule has 2 saturated heterocycles. The Labute approximate surface area is 165 Å². The summed E-state index contributed by atoms with van der Waals surface area (Å²) in [6.45, 7) is 9.42. The number of methoxy groups -OCH3 is 1. The van der Waals surface area contributed by atoms with Crippen LogP contribution in [0.2, 0.25) is 0 Å². The molecule has 0 radical (unpaired) electrons. The fourth-order valence-electron chi connectivity index (χ4n) is 3.85. The average molecular weight is 388 g/mol. The summed E-state index contributed by atoms with van der Waals surface area (Å²) in [5.74, 6) is 0.196. The maximum Gasteiger partial charge on any atom is 0.327 e. The van der Waals surface area contributed by atoms with Gasteiger partial charge in [-0.2, -0.15) is 0 Å². The van der Waals surface area contributed by atoms with E-state index >= 15 is 0 Å². The van der Waals surface area contributed by atoms with E-state index in [1.54, 1.807) is 21.9 Å². The first-order valence-corrected chi connectivity index (χ1v) is 9.54. The van der Waals surface area contributed by atoms with Crippen molar-refractivity contribution < 1.29 is 19.1 Å². The van der Waals surface area contributed by atoms with Crippen LogP contribution in [0.3, 0.4) is 0 Å². The lowest BCUT2D eigenvalue weighted by Crippen LogP contribution is -2.44. The van der Waals surface area contributed by atoms with Crippen LogP contribution in [0.1, 0.15) is 38.1 Å². The lowest BCUT2D eigenvalue weighted by Gasteiger charge is -2.31. The van der Waals surface area contributed by atoms with Crippen molar-refractivity contribution in [2.75, 3.05) is 33.3 Å². The molecule has 2 aliphatic rings. The Morgan fingerprint density at radius 3 is 2.57 bits per heavy atom. The quantitative estimate of drug-likeness (QED) is 0.735. The van der Waals surface area contributed by atoms with Gasteiger partial charge in [0.2, 0.25) is 5.88 Å². The summed E-state index contributed by atoms with van der Waals surface area (Å²) in [5.41, 5.74) is 0.0922. The van der Waals surface area contributed by atoms with Crippen molar-refractivity contribution in [2.24, 2.45) is 11.3 Å². The molecule has 1 aromatic rings. The molecule has 0 saturated carbocycles. The fraction of sp³-hybridized carbons (Fsp3) is 0.600. The van der Waals surface area contributed by atoms with Gasteiger partial charge in [-0.25, -0.2) is 9.78 Å². The minimum Gasteiger partial charge on any atom is -0.481 e. The van der Waals surface area contributed by atoms with Gasteiger partial charge in [-0.05, 0) is 12.0 Å². The first kappa shape index (κ1) is 20.1. The van der Waals surface area contributed by atoms with E-state index in [1.807, 2.05) is 27.7 Å². The van der Waals surface area contributed by atoms with Crippen molar-refractivity contribution in [3.8, 4) is 5.88 Å². The van der Waals surface area contributed by atoms with E-state index in [0.717, 1.165) is 0 Å². The number of hydrogen-bond acceptors (Lipinski definition) is 5. The van der Waals surface area contributed by atoms with Crippen LogP contribution in [-0.2, 0) is 4.79 Å². The Morgan fingerprint density at radius 1 is 1.29 bits per heavy atom. The van der Waals surface area contributed by atoms with Crippen LogP contribution in [0.15, 0.2) is 18.3 Å². The Morgan fingerprint density at radius 2 is 2.00 bits per heavy atom. The molecule has 1 unspecified atom stereocenters. The molecule has 3 heterocycles. The zero-order valence-corrected chi connectivity index (χ0v) is 17.1. The van der Waals surface area contributed by atoms with Crippen LogP contribution in [0.5, 0.6) is 5.88 Å². The lowest BCUT2D eigenvalue weighted by molar-refractivity contribution is -0.128. The van der Waals surface area contributed by atoms with Crippen LogP contribution < -0.4 is 4.74 Å². The number of rotatable bonds is 4. The molecule has 8 heteroatoms. The Kier molecular flexibility index (Phi) is 5.32. The van der Waals surface area contributed by atoms with E-state index in [2.05, 4.69) is 4.98 Å². The topological polar surface area (TPSA) is 83.0 Å². The van der Waals surface area contributed by atoms with Crippen LogP contribution in [0.25, 0.3) is 0 Å². The number of ether oxygens (including phenoxy) is 1. The van der Waals surface area contributed by atoms with Crippen molar-refractivity contribution in [1.29, 1.82) is 0 Å². The molecular formula is C20H28N4O4. The van der Waals surface area contributed by atoms with E-state index in [1.165, 1.54) is 18.2 Å². The largest absolute Gasteiger partial charge is 0.481 e. The molecule has 0 bridgehead atoms. The molecule has 1 aromatic heterocycles. The van der Waals surface area contributed by atoms with Crippen LogP contribution in [0.4, 0.5) is 4.79 Å². The number of fused-ring (bicyclic) bond motifs is 1. The van der Waals surface area contributed by atoms with Gasteiger partial charge in [0.1, 0.15) is 6.04 Å². The predicted molar refractivity (Wildman–Crippen MR) is 103 cm³/mol. The summed E-state index contributed by atoms with van der Waals surface area (Å²) in [7, 11) is 1.52. The van der Waals surface area contributed by atoms with E-state index in [9.17, 15) is 14.4 Å². The van der Waals surface area contributed by atoms with Gasteiger partial charge in [-0.15, -0.1) is 0 Å². The van der Waals surface area contributed by atoms with E-state index in [0.29, 0.717) is 31.1 Å². The number of carbonyl (C=O) groups is 3. The highest BCUT2D eigenvalue weighted by atomic mass is 16.5. The summed E-state index contributed by atoms with van der Waals surface area (Å²) in [5, 5.41) is 0. The first-order chi connectivity index (χ1) is 13.1. The van der Waals surface area contributed by atoms with Gasteiger partial charge in [0.15, 0.2) is 0 Å². The van der Waals surface area contributed by atoms with Crippen LogP contribution >= 0.6 is 0 Å². The lowest BCUT2D eigenvalue weighted by atomic mass is 9.92. The summed E-state index contributed by atoms with van der Waals surface area (Å²) >= 11 is 0. The number of pyridine rings is 1. The maximum absolute atomic E-state index is 13.1. The number of amides is 4. The molecule has 8 nitrogen and oxygen atoms in total. The Balaban J connectivity index is 1.87. The zero-order chi connectivity index (χ0) is 20.6. The number of imide groups is 1. The third-order valence-corrected chi connectivity index (χ3v) is 5.04. The number of carbonyl (C=O) groups excluding carboxylic acids is 3. The molecule has 3 rings (SSSR count). The molecule has 0 N–H and O–H groups in total. The van der Waals surface area contributed by atoms with Gasteiger partial charge in [0, 0.05) is 37.3 Å². The molecular weight excluding hydrogens is 360 g/mol. The van der Waals surface area contributed by atoms with Gasteiger partial charge in [-0.1, -0.05) is 27.7 Å². The molecule has 0 aromatic carbocycles. The van der Waals surface area contributed by atoms with Gasteiger partial charge < -0.3 is 14.5 Å². The van der Waals surface area contributed by atoms with Gasteiger partial charge in [0.25, 0.3) is 11.8 Å². The van der Waals surface area contributed by atoms with Gasteiger partial charge in [-0.3, -0.25) is 14.5 Å². The second kappa shape index (κ2) is 7.41. The molecule has 0 aliphatic carbocycles. The molecule has 152 valence electrons. The average Bonchev–Trinajstić information content (AvgIpc) is 2.78. The first-order valence-electron chi connectivity index (χ1n) is 9.54. The second-order valence-corrected chi connectivity index (χ2v) is 8.71. The highest BCUT2D eigenvalue weighted by Gasteiger charge is 2.50. The van der Waals surface area contributed by atoms with Crippen molar-refractivity contribution in [2.45, 2.75) is 33.7 Å². The van der Waals surface area contributed by atoms with Crippen molar-refractivity contribution >= 4 is 17.8 Å². The standard InChI is InChI=1S/C20H28N4O4/c1-13(2)9-23-18(26)15-10-22(11-20(3,4)12-24(15)19(23)27)17(25)14-6-7-16(28-5)21-8-14/h6-8,13,15H,9-12H2,1-5H3. The summed E-state index contributed by atoms with van der Waals surface area (Å²) < 4.78 is 5.04. The zero-order valence-electron chi connectivity index (χ0n) is 17.1. The van der Waals surface area contributed by atoms with E-state index in [-0.39, 0.29) is 35.7 Å². The van der Waals surface area contributed by atoms with Crippen LogP contribution in [-0.4, -0.2) is 76.9 Å². The second-order valence-electron chi connectivity index (χ2n) is 8.71. The van der Waals surface area contributed by atoms with Crippen LogP contribution in [0, 0.1) is 11.3 Å². The minimum absolute atomic E-state index is 0.188. The summed E-state index contributed by atoms with van der Waals surface area (Å²) in [6.07, 6.45) is 1.48. The fourth-order valence-corrected chi connectivity index (χ4v) is 3.85. The molecule has 1 atom stereocenters. The molecule has 28 heavy (non-hydrogen) atoms. The normalized spacial score (nSPS) is 21.8. The van der Waals surface area contributed by atoms with E-state index in [4.69, 9.17) is 4.74 Å². The molecule has 2 aliphatic heterocycles. The van der Waals surface area contributed by atoms with Crippen molar-refractivity contribution in [3.63, 3.8) is 0 Å². The summed E-state index contributed by atoms with van der Waals surface area (Å²) in [6, 6.07) is 2.41. The van der Waals surface area contributed by atoms with Gasteiger partial charge in [0.05, 0.1) is 19.2 Å². The van der Waals surface area contributed by atoms with Crippen molar-refractivity contribution in [1.82, 2.24) is 19.7 Å². The van der Waals surface area contributed by atoms with Gasteiger partial charge >= 0.3 is 6.03 Å². The third kappa shape index (κ3) is 3.81. The molecule has 2 fully saturated rings. The maximum atomic E-state index is 13.1. The Hall–Kier alpha value is -2.64. The summed E-state index contributed by atoms with van der Waals surface area (Å²) in [4.78, 5) is 47.6. The van der Waals surface area contributed by atoms with Crippen molar-refractivity contribution in [3.05, 3.63) is 23.9 Å².